The molecule has 1 heterocycles. The smallest absolute Gasteiger partial charge is 0.309 e. The van der Waals surface area contributed by atoms with Gasteiger partial charge in [-0.25, -0.2) is 14.4 Å². The summed E-state index contributed by atoms with van der Waals surface area (Å²) in [6.07, 6.45) is 0. The number of carbonyl (C=O) groups is 6. The molecule has 0 aromatic heterocycles. The molecule has 6 aromatic carbocycles. The van der Waals surface area contributed by atoms with Crippen LogP contribution < -0.4 is 46.6 Å². The van der Waals surface area contributed by atoms with Gasteiger partial charge in [0.05, 0.1) is 0 Å². The van der Waals surface area contributed by atoms with E-state index in [1.807, 2.05) is 18.2 Å². The first-order chi connectivity index (χ1) is 30.5. The second kappa shape index (κ2) is 19.3. The molecule has 6 bridgehead atoms. The Hall–Kier alpha value is -8.46. The van der Waals surface area contributed by atoms with Crippen molar-refractivity contribution in [3.8, 4) is 0 Å². The Balaban J connectivity index is 1.37. The predicted octanol–water partition coefficient (Wildman–Crippen LogP) is 9.93. The number of hydrogen-bond donors (Lipinski definition) is 6. The number of anilines is 9. The van der Waals surface area contributed by atoms with Gasteiger partial charge in [0.1, 0.15) is 0 Å². The molecule has 0 unspecified atom stereocenters. The second-order valence-corrected chi connectivity index (χ2v) is 14.3. The van der Waals surface area contributed by atoms with Gasteiger partial charge in [0.15, 0.2) is 0 Å². The van der Waals surface area contributed by atoms with Crippen molar-refractivity contribution in [3.05, 3.63) is 162 Å². The molecule has 6 N–H and O–H groups in total. The third-order valence-corrected chi connectivity index (χ3v) is 9.98. The van der Waals surface area contributed by atoms with Gasteiger partial charge in [-0.3, -0.25) is 14.4 Å². The molecule has 0 atom stereocenters. The maximum atomic E-state index is 14.7. The van der Waals surface area contributed by atoms with E-state index in [1.54, 1.807) is 130 Å². The molecule has 63 heavy (non-hydrogen) atoms. The predicted molar refractivity (Wildman–Crippen MR) is 249 cm³/mol. The van der Waals surface area contributed by atoms with Crippen molar-refractivity contribution < 1.29 is 28.8 Å². The van der Waals surface area contributed by atoms with Crippen molar-refractivity contribution in [1.82, 2.24) is 0 Å². The Morgan fingerprint density at radius 1 is 0.349 bits per heavy atom. The number of amides is 9. The minimum Gasteiger partial charge on any atom is -0.309 e. The summed E-state index contributed by atoms with van der Waals surface area (Å²) in [7, 11) is 0. The van der Waals surface area contributed by atoms with Crippen LogP contribution in [0.3, 0.4) is 0 Å². The Kier molecular flexibility index (Phi) is 13.1. The molecule has 0 fully saturated rings. The fourth-order valence-corrected chi connectivity index (χ4v) is 7.13. The van der Waals surface area contributed by atoms with Gasteiger partial charge in [-0.15, -0.1) is 0 Å². The van der Waals surface area contributed by atoms with Gasteiger partial charge in [0.25, 0.3) is 17.7 Å². The zero-order valence-electron chi connectivity index (χ0n) is 34.8. The van der Waals surface area contributed by atoms with Crippen LogP contribution in [0.15, 0.2) is 146 Å². The largest absolute Gasteiger partial charge is 0.323 e. The zero-order chi connectivity index (χ0) is 44.5. The molecule has 318 valence electrons. The number of para-hydroxylation sites is 3. The molecule has 15 nitrogen and oxygen atoms in total. The molecular formula is C48H45N9O6. The van der Waals surface area contributed by atoms with Crippen LogP contribution >= 0.6 is 0 Å². The lowest BCUT2D eigenvalue weighted by molar-refractivity contribution is 0.0977. The van der Waals surface area contributed by atoms with Crippen molar-refractivity contribution in [3.63, 3.8) is 0 Å². The lowest BCUT2D eigenvalue weighted by Crippen LogP contribution is -2.33. The summed E-state index contributed by atoms with van der Waals surface area (Å²) < 4.78 is 0. The van der Waals surface area contributed by atoms with E-state index < -0.39 is 35.8 Å². The van der Waals surface area contributed by atoms with Gasteiger partial charge in [-0.2, -0.15) is 0 Å². The fourth-order valence-electron chi connectivity index (χ4n) is 7.13. The van der Waals surface area contributed by atoms with Gasteiger partial charge in [-0.05, 0) is 112 Å². The summed E-state index contributed by atoms with van der Waals surface area (Å²) in [6.45, 7) is 5.67. The van der Waals surface area contributed by atoms with Gasteiger partial charge in [-0.1, -0.05) is 54.6 Å². The Morgan fingerprint density at radius 2 is 0.587 bits per heavy atom. The molecule has 9 amide bonds. The van der Waals surface area contributed by atoms with E-state index >= 15 is 0 Å². The summed E-state index contributed by atoms with van der Waals surface area (Å²) in [5.74, 6) is -1.55. The third kappa shape index (κ3) is 10.3. The summed E-state index contributed by atoms with van der Waals surface area (Å²) in [5.41, 5.74) is 3.45. The van der Waals surface area contributed by atoms with E-state index in [-0.39, 0.29) is 70.4 Å². The van der Waals surface area contributed by atoms with Gasteiger partial charge in [0.2, 0.25) is 0 Å². The normalized spacial score (nSPS) is 12.4. The summed E-state index contributed by atoms with van der Waals surface area (Å²) in [4.78, 5) is 88.5. The number of carbonyl (C=O) groups excluding carboxylic acids is 6. The number of urea groups is 3. The zero-order valence-corrected chi connectivity index (χ0v) is 34.8. The molecule has 0 radical (unpaired) electrons. The van der Waals surface area contributed by atoms with Crippen molar-refractivity contribution >= 4 is 87.0 Å². The van der Waals surface area contributed by atoms with Crippen LogP contribution in [-0.4, -0.2) is 55.4 Å². The monoisotopic (exact) mass is 843 g/mol. The highest BCUT2D eigenvalue weighted by Crippen LogP contribution is 2.33. The quantitative estimate of drug-likeness (QED) is 0.0842. The lowest BCUT2D eigenvalue weighted by Gasteiger charge is -2.26. The highest BCUT2D eigenvalue weighted by Gasteiger charge is 2.27. The van der Waals surface area contributed by atoms with Gasteiger partial charge >= 0.3 is 18.1 Å². The number of benzene rings is 6. The Bertz CT molecular complexity index is 2390. The van der Waals surface area contributed by atoms with Crippen molar-refractivity contribution in [2.45, 2.75) is 20.8 Å². The topological polar surface area (TPSA) is 184 Å². The van der Waals surface area contributed by atoms with E-state index in [0.717, 1.165) is 0 Å². The van der Waals surface area contributed by atoms with Gasteiger partial charge < -0.3 is 46.6 Å². The van der Waals surface area contributed by atoms with Crippen LogP contribution in [0.2, 0.25) is 0 Å². The first kappa shape index (κ1) is 42.7. The van der Waals surface area contributed by atoms with Crippen LogP contribution in [0, 0.1) is 0 Å². The highest BCUT2D eigenvalue weighted by atomic mass is 16.2. The molecule has 0 saturated heterocycles. The summed E-state index contributed by atoms with van der Waals surface area (Å²) in [5, 5.41) is 16.8. The average Bonchev–Trinajstić information content (AvgIpc) is 3.27. The Morgan fingerprint density at radius 3 is 0.825 bits per heavy atom. The standard InChI is InChI=1S/C48H45N9O6/c1-4-55-40-25-32(23-37(28-40)52-46(61)49-34-16-10-7-11-17-34)44(59)57(6-3)42-27-33(24-39(30-42)54-48(63)51-36-20-14-9-15-21-36)45(60)56(5-2)41-26-31(43(55)58)22-38(29-41)53-47(62)50-35-18-12-8-13-19-35/h7-30H,4-6H2,1-3H3,(H2,49,52,61)(H2,50,53,62)(H2,51,54,63). The number of rotatable bonds is 9. The number of hydrogen-bond acceptors (Lipinski definition) is 6. The van der Waals surface area contributed by atoms with E-state index in [0.29, 0.717) is 17.1 Å². The fraction of sp³-hybridized carbons (Fsp3) is 0.125. The van der Waals surface area contributed by atoms with E-state index in [1.165, 1.54) is 32.9 Å². The van der Waals surface area contributed by atoms with Crippen LogP contribution in [0.4, 0.5) is 65.6 Å². The van der Waals surface area contributed by atoms with E-state index in [9.17, 15) is 28.8 Å². The summed E-state index contributed by atoms with van der Waals surface area (Å²) >= 11 is 0. The molecule has 0 spiro atoms. The number of nitrogens with one attached hydrogen (secondary N) is 6. The molecule has 15 heteroatoms. The lowest BCUT2D eigenvalue weighted by atomic mass is 10.1. The van der Waals surface area contributed by atoms with E-state index in [4.69, 9.17) is 0 Å². The molecule has 1 aliphatic heterocycles. The van der Waals surface area contributed by atoms with Gasteiger partial charge in [0, 0.05) is 87.5 Å². The number of fused-ring (bicyclic) bond motifs is 6. The second-order valence-electron chi connectivity index (χ2n) is 14.3. The molecule has 0 aliphatic carbocycles. The number of nitrogens with zero attached hydrogens (tertiary/aromatic N) is 3. The maximum Gasteiger partial charge on any atom is 0.323 e. The molecule has 7 rings (SSSR count). The van der Waals surface area contributed by atoms with Crippen LogP contribution in [0.25, 0.3) is 0 Å². The highest BCUT2D eigenvalue weighted by molar-refractivity contribution is 6.15. The minimum absolute atomic E-state index is 0.113. The summed E-state index contributed by atoms with van der Waals surface area (Å²) in [6, 6.07) is 38.7. The van der Waals surface area contributed by atoms with Crippen LogP contribution in [0.1, 0.15) is 51.8 Å². The van der Waals surface area contributed by atoms with Crippen LogP contribution in [0.5, 0.6) is 0 Å². The molecule has 1 aliphatic rings. The van der Waals surface area contributed by atoms with Crippen molar-refractivity contribution in [2.24, 2.45) is 0 Å². The first-order valence-corrected chi connectivity index (χ1v) is 20.3. The van der Waals surface area contributed by atoms with E-state index in [2.05, 4.69) is 31.9 Å². The minimum atomic E-state index is -0.586. The van der Waals surface area contributed by atoms with Crippen molar-refractivity contribution in [2.75, 3.05) is 66.2 Å². The maximum absolute atomic E-state index is 14.7. The molecular weight excluding hydrogens is 799 g/mol. The third-order valence-electron chi connectivity index (χ3n) is 9.98. The van der Waals surface area contributed by atoms with Crippen molar-refractivity contribution in [1.29, 1.82) is 0 Å². The molecule has 0 saturated carbocycles. The average molecular weight is 844 g/mol. The molecule has 6 aromatic rings. The Labute approximate surface area is 364 Å². The SMILES string of the molecule is CCN1C(=O)c2cc(NC(=O)Nc3ccccc3)cc(c2)N(CC)C(=O)c2cc(NC(=O)Nc3ccccc3)cc(c2)N(CC)C(=O)c2cc(NC(=O)Nc3ccccc3)cc1c2. The first-order valence-electron chi connectivity index (χ1n) is 20.3. The van der Waals surface area contributed by atoms with Crippen LogP contribution in [-0.2, 0) is 0 Å².